The highest BCUT2D eigenvalue weighted by atomic mass is 32.2. The maximum atomic E-state index is 12.4. The fraction of sp³-hybridized carbons (Fsp3) is 0.0588. The Morgan fingerprint density at radius 1 is 1.21 bits per heavy atom. The van der Waals surface area contributed by atoms with E-state index in [2.05, 4.69) is 15.0 Å². The Hall–Kier alpha value is -2.51. The molecule has 0 aliphatic rings. The van der Waals surface area contributed by atoms with Crippen LogP contribution < -0.4 is 15.8 Å². The molecule has 24 heavy (non-hydrogen) atoms. The Morgan fingerprint density at radius 2 is 2.04 bits per heavy atom. The standard InChI is InChI=1S/C17H16N4OS2/c1-23-21-14-4-2-3-13(9-14)20-17(22)16-7-11(10-24-16)15-8-12(18)5-6-19-15/h2-10,21H,1H3,(H2,18,19)(H,20,22). The number of nitrogens with two attached hydrogens (primary N) is 1. The van der Waals surface area contributed by atoms with Gasteiger partial charge in [-0.2, -0.15) is 0 Å². The third-order valence-electron chi connectivity index (χ3n) is 3.24. The van der Waals surface area contributed by atoms with Gasteiger partial charge < -0.3 is 15.8 Å². The monoisotopic (exact) mass is 356 g/mol. The number of carbonyl (C=O) groups excluding carboxylic acids is 1. The van der Waals surface area contributed by atoms with Crippen LogP contribution in [-0.2, 0) is 0 Å². The second-order valence-corrected chi connectivity index (χ2v) is 6.54. The van der Waals surface area contributed by atoms with E-state index in [1.54, 1.807) is 18.3 Å². The van der Waals surface area contributed by atoms with Crippen molar-refractivity contribution in [2.24, 2.45) is 0 Å². The Kier molecular flexibility index (Phi) is 5.02. The van der Waals surface area contributed by atoms with Crippen molar-refractivity contribution >= 4 is 46.3 Å². The zero-order chi connectivity index (χ0) is 16.9. The van der Waals surface area contributed by atoms with Crippen molar-refractivity contribution in [2.45, 2.75) is 0 Å². The number of amides is 1. The highest BCUT2D eigenvalue weighted by Crippen LogP contribution is 2.26. The van der Waals surface area contributed by atoms with Gasteiger partial charge in [-0.15, -0.1) is 11.3 Å². The third-order valence-corrected chi connectivity index (χ3v) is 4.61. The normalized spacial score (nSPS) is 10.4. The zero-order valence-corrected chi connectivity index (χ0v) is 14.6. The molecule has 0 fully saturated rings. The van der Waals surface area contributed by atoms with Crippen LogP contribution in [0.1, 0.15) is 9.67 Å². The van der Waals surface area contributed by atoms with E-state index >= 15 is 0 Å². The average Bonchev–Trinajstić information content (AvgIpc) is 3.06. The third kappa shape index (κ3) is 3.87. The number of nitrogen functional groups attached to an aromatic ring is 1. The quantitative estimate of drug-likeness (QED) is 0.593. The summed E-state index contributed by atoms with van der Waals surface area (Å²) in [5.41, 5.74) is 9.76. The minimum atomic E-state index is -0.142. The largest absolute Gasteiger partial charge is 0.399 e. The molecule has 7 heteroatoms. The topological polar surface area (TPSA) is 80.0 Å². The average molecular weight is 356 g/mol. The first-order valence-electron chi connectivity index (χ1n) is 7.16. The molecule has 122 valence electrons. The molecule has 0 spiro atoms. The van der Waals surface area contributed by atoms with Crippen LogP contribution in [0.5, 0.6) is 0 Å². The lowest BCUT2D eigenvalue weighted by atomic mass is 10.2. The van der Waals surface area contributed by atoms with Crippen molar-refractivity contribution in [3.63, 3.8) is 0 Å². The van der Waals surface area contributed by atoms with Gasteiger partial charge in [-0.05, 0) is 36.4 Å². The lowest BCUT2D eigenvalue weighted by Gasteiger charge is -2.06. The highest BCUT2D eigenvalue weighted by molar-refractivity contribution is 7.99. The van der Waals surface area contributed by atoms with Crippen LogP contribution in [-0.4, -0.2) is 17.1 Å². The molecule has 0 aliphatic heterocycles. The molecule has 2 aromatic heterocycles. The van der Waals surface area contributed by atoms with Crippen molar-refractivity contribution in [2.75, 3.05) is 22.0 Å². The number of rotatable bonds is 5. The van der Waals surface area contributed by atoms with Crippen LogP contribution in [0.3, 0.4) is 0 Å². The minimum absolute atomic E-state index is 0.142. The summed E-state index contributed by atoms with van der Waals surface area (Å²) in [5, 5.41) is 4.82. The van der Waals surface area contributed by atoms with Crippen molar-refractivity contribution in [1.82, 2.24) is 4.98 Å². The lowest BCUT2D eigenvalue weighted by Crippen LogP contribution is -2.10. The molecule has 5 nitrogen and oxygen atoms in total. The van der Waals surface area contributed by atoms with E-state index in [0.717, 1.165) is 22.6 Å². The number of nitrogens with zero attached hydrogens (tertiary/aromatic N) is 1. The van der Waals surface area contributed by atoms with Gasteiger partial charge in [0.05, 0.1) is 10.6 Å². The number of benzene rings is 1. The van der Waals surface area contributed by atoms with Gasteiger partial charge in [-0.3, -0.25) is 9.78 Å². The number of aromatic nitrogens is 1. The van der Waals surface area contributed by atoms with E-state index in [-0.39, 0.29) is 5.91 Å². The number of thiophene rings is 1. The molecule has 0 atom stereocenters. The fourth-order valence-corrected chi connectivity index (χ4v) is 3.32. The molecule has 0 unspecified atom stereocenters. The van der Waals surface area contributed by atoms with E-state index in [0.29, 0.717) is 10.6 Å². The van der Waals surface area contributed by atoms with Crippen LogP contribution in [0.15, 0.2) is 54.0 Å². The zero-order valence-electron chi connectivity index (χ0n) is 12.9. The van der Waals surface area contributed by atoms with Crippen molar-refractivity contribution < 1.29 is 4.79 Å². The first-order chi connectivity index (χ1) is 11.7. The summed E-state index contributed by atoms with van der Waals surface area (Å²) in [7, 11) is 0. The number of hydrogen-bond donors (Lipinski definition) is 3. The smallest absolute Gasteiger partial charge is 0.265 e. The molecular weight excluding hydrogens is 340 g/mol. The molecule has 2 heterocycles. The van der Waals surface area contributed by atoms with Crippen LogP contribution in [0.4, 0.5) is 17.1 Å². The van der Waals surface area contributed by atoms with E-state index in [1.165, 1.54) is 23.3 Å². The lowest BCUT2D eigenvalue weighted by molar-refractivity contribution is 0.103. The van der Waals surface area contributed by atoms with Crippen molar-refractivity contribution in [1.29, 1.82) is 0 Å². The van der Waals surface area contributed by atoms with E-state index < -0.39 is 0 Å². The first-order valence-corrected chi connectivity index (χ1v) is 9.27. The van der Waals surface area contributed by atoms with Gasteiger partial charge in [0, 0.05) is 40.5 Å². The number of anilines is 3. The van der Waals surface area contributed by atoms with Crippen LogP contribution >= 0.6 is 23.3 Å². The summed E-state index contributed by atoms with van der Waals surface area (Å²) in [5.74, 6) is -0.142. The molecule has 3 aromatic rings. The molecule has 0 bridgehead atoms. The Bertz CT molecular complexity index is 863. The van der Waals surface area contributed by atoms with Gasteiger partial charge in [-0.25, -0.2) is 0 Å². The maximum Gasteiger partial charge on any atom is 0.265 e. The summed E-state index contributed by atoms with van der Waals surface area (Å²) >= 11 is 2.88. The number of nitrogens with one attached hydrogen (secondary N) is 2. The van der Waals surface area contributed by atoms with Gasteiger partial charge in [-0.1, -0.05) is 18.0 Å². The van der Waals surface area contributed by atoms with E-state index in [4.69, 9.17) is 5.73 Å². The molecule has 4 N–H and O–H groups in total. The molecule has 1 amide bonds. The summed E-state index contributed by atoms with van der Waals surface area (Å²) in [6, 6.07) is 12.9. The molecular formula is C17H16N4OS2. The van der Waals surface area contributed by atoms with Gasteiger partial charge in [0.2, 0.25) is 0 Å². The van der Waals surface area contributed by atoms with Gasteiger partial charge in [0.1, 0.15) is 0 Å². The minimum Gasteiger partial charge on any atom is -0.399 e. The number of hydrogen-bond acceptors (Lipinski definition) is 6. The summed E-state index contributed by atoms with van der Waals surface area (Å²) < 4.78 is 3.14. The van der Waals surface area contributed by atoms with Crippen molar-refractivity contribution in [3.8, 4) is 11.3 Å². The van der Waals surface area contributed by atoms with E-state index in [9.17, 15) is 4.79 Å². The maximum absolute atomic E-state index is 12.4. The molecule has 1 aromatic carbocycles. The molecule has 0 aliphatic carbocycles. The second-order valence-electron chi connectivity index (χ2n) is 5.02. The fourth-order valence-electron chi connectivity index (χ4n) is 2.17. The Morgan fingerprint density at radius 3 is 2.83 bits per heavy atom. The van der Waals surface area contributed by atoms with E-state index in [1.807, 2.05) is 42.0 Å². The molecule has 3 rings (SSSR count). The molecule has 0 radical (unpaired) electrons. The molecule has 0 saturated heterocycles. The summed E-state index contributed by atoms with van der Waals surface area (Å²) in [6.07, 6.45) is 3.61. The van der Waals surface area contributed by atoms with Crippen molar-refractivity contribution in [3.05, 3.63) is 58.9 Å². The van der Waals surface area contributed by atoms with Gasteiger partial charge in [0.15, 0.2) is 0 Å². The predicted octanol–water partition coefficient (Wildman–Crippen LogP) is 4.33. The van der Waals surface area contributed by atoms with Crippen LogP contribution in [0.25, 0.3) is 11.3 Å². The van der Waals surface area contributed by atoms with Crippen LogP contribution in [0.2, 0.25) is 0 Å². The first kappa shape index (κ1) is 16.4. The second kappa shape index (κ2) is 7.37. The van der Waals surface area contributed by atoms with Gasteiger partial charge >= 0.3 is 0 Å². The van der Waals surface area contributed by atoms with Gasteiger partial charge in [0.25, 0.3) is 5.91 Å². The van der Waals surface area contributed by atoms with Crippen LogP contribution in [0, 0.1) is 0 Å². The summed E-state index contributed by atoms with van der Waals surface area (Å²) in [6.45, 7) is 0. The molecule has 0 saturated carbocycles. The Balaban J connectivity index is 1.75. The number of pyridine rings is 1. The summed E-state index contributed by atoms with van der Waals surface area (Å²) in [4.78, 5) is 17.3. The Labute approximate surface area is 148 Å². The highest BCUT2D eigenvalue weighted by Gasteiger charge is 2.11. The predicted molar refractivity (Wildman–Crippen MR) is 103 cm³/mol. The SMILES string of the molecule is CSNc1cccc(NC(=O)c2cc(-c3cc(N)ccn3)cs2)c1. The number of carbonyl (C=O) groups is 1.